The van der Waals surface area contributed by atoms with Gasteiger partial charge in [-0.2, -0.15) is 0 Å². The van der Waals surface area contributed by atoms with Crippen molar-refractivity contribution in [2.24, 2.45) is 0 Å². The van der Waals surface area contributed by atoms with Crippen molar-refractivity contribution in [2.75, 3.05) is 7.11 Å². The van der Waals surface area contributed by atoms with Crippen LogP contribution in [0.5, 0.6) is 0 Å². The largest absolute Gasteiger partial charge is 0.479 e. The molecular formula is C12H14O3. The molecule has 0 heterocycles. The van der Waals surface area contributed by atoms with Gasteiger partial charge in [-0.25, -0.2) is 4.79 Å². The van der Waals surface area contributed by atoms with E-state index in [0.717, 1.165) is 23.1 Å². The van der Waals surface area contributed by atoms with Gasteiger partial charge in [0.15, 0.2) is 5.60 Å². The first kappa shape index (κ1) is 10.2. The molecule has 0 aliphatic heterocycles. The van der Waals surface area contributed by atoms with Crippen LogP contribution in [0.4, 0.5) is 0 Å². The molecule has 0 radical (unpaired) electrons. The van der Waals surface area contributed by atoms with E-state index in [-0.39, 0.29) is 0 Å². The molecule has 2 rings (SSSR count). The molecule has 1 N–H and O–H groups in total. The monoisotopic (exact) mass is 206 g/mol. The lowest BCUT2D eigenvalue weighted by Gasteiger charge is -2.23. The predicted molar refractivity (Wildman–Crippen MR) is 55.8 cm³/mol. The lowest BCUT2D eigenvalue weighted by molar-refractivity contribution is -0.163. The minimum Gasteiger partial charge on any atom is -0.479 e. The van der Waals surface area contributed by atoms with Crippen LogP contribution in [0.1, 0.15) is 23.1 Å². The zero-order chi connectivity index (χ0) is 11.1. The van der Waals surface area contributed by atoms with Gasteiger partial charge in [-0.1, -0.05) is 18.2 Å². The van der Waals surface area contributed by atoms with Gasteiger partial charge in [0.25, 0.3) is 0 Å². The van der Waals surface area contributed by atoms with Gasteiger partial charge in [0.1, 0.15) is 0 Å². The maximum absolute atomic E-state index is 11.3. The van der Waals surface area contributed by atoms with E-state index in [1.54, 1.807) is 0 Å². The molecular weight excluding hydrogens is 192 g/mol. The minimum atomic E-state index is -1.12. The number of carbonyl (C=O) groups is 1. The number of carboxylic acids is 1. The van der Waals surface area contributed by atoms with Crippen molar-refractivity contribution in [3.05, 3.63) is 34.9 Å². The van der Waals surface area contributed by atoms with Crippen molar-refractivity contribution < 1.29 is 14.6 Å². The number of benzene rings is 1. The first-order valence-corrected chi connectivity index (χ1v) is 4.99. The zero-order valence-electron chi connectivity index (χ0n) is 8.91. The molecule has 1 atom stereocenters. The third kappa shape index (κ3) is 1.27. The Bertz CT molecular complexity index is 411. The maximum atomic E-state index is 11.3. The number of hydrogen-bond donors (Lipinski definition) is 1. The van der Waals surface area contributed by atoms with E-state index in [2.05, 4.69) is 0 Å². The standard InChI is InChI=1S/C12H14O3/c1-8-4-3-5-10-9(8)6-7-12(10,15-2)11(13)14/h3-5H,6-7H2,1-2H3,(H,13,14). The van der Waals surface area contributed by atoms with Crippen molar-refractivity contribution in [3.63, 3.8) is 0 Å². The molecule has 0 bridgehead atoms. The third-order valence-electron chi connectivity index (χ3n) is 3.27. The van der Waals surface area contributed by atoms with Crippen molar-refractivity contribution in [1.82, 2.24) is 0 Å². The molecule has 80 valence electrons. The molecule has 1 aromatic rings. The van der Waals surface area contributed by atoms with Gasteiger partial charge in [-0.15, -0.1) is 0 Å². The number of hydrogen-bond acceptors (Lipinski definition) is 2. The Balaban J connectivity index is 2.61. The fourth-order valence-electron chi connectivity index (χ4n) is 2.37. The first-order chi connectivity index (χ1) is 7.12. The van der Waals surface area contributed by atoms with Crippen molar-refractivity contribution in [3.8, 4) is 0 Å². The number of carboxylic acid groups (broad SMARTS) is 1. The number of methoxy groups -OCH3 is 1. The first-order valence-electron chi connectivity index (χ1n) is 4.99. The van der Waals surface area contributed by atoms with Crippen LogP contribution < -0.4 is 0 Å². The van der Waals surface area contributed by atoms with E-state index >= 15 is 0 Å². The van der Waals surface area contributed by atoms with Gasteiger partial charge in [-0.05, 0) is 36.5 Å². The van der Waals surface area contributed by atoms with Gasteiger partial charge in [0.05, 0.1) is 0 Å². The van der Waals surface area contributed by atoms with Crippen LogP contribution >= 0.6 is 0 Å². The van der Waals surface area contributed by atoms with Crippen LogP contribution in [0, 0.1) is 6.92 Å². The summed E-state index contributed by atoms with van der Waals surface area (Å²) in [6, 6.07) is 5.75. The summed E-state index contributed by atoms with van der Waals surface area (Å²) in [5.41, 5.74) is 1.97. The van der Waals surface area contributed by atoms with Gasteiger partial charge >= 0.3 is 5.97 Å². The minimum absolute atomic E-state index is 0.527. The van der Waals surface area contributed by atoms with E-state index in [1.807, 2.05) is 25.1 Å². The molecule has 1 aliphatic carbocycles. The summed E-state index contributed by atoms with van der Waals surface area (Å²) in [5.74, 6) is -0.894. The second kappa shape index (κ2) is 3.35. The van der Waals surface area contributed by atoms with Crippen LogP contribution in [-0.4, -0.2) is 18.2 Å². The average molecular weight is 206 g/mol. The lowest BCUT2D eigenvalue weighted by Crippen LogP contribution is -2.35. The zero-order valence-corrected chi connectivity index (χ0v) is 8.91. The average Bonchev–Trinajstić information content (AvgIpc) is 2.59. The molecule has 0 saturated heterocycles. The van der Waals surface area contributed by atoms with Gasteiger partial charge in [-0.3, -0.25) is 0 Å². The highest BCUT2D eigenvalue weighted by Gasteiger charge is 2.46. The highest BCUT2D eigenvalue weighted by atomic mass is 16.5. The molecule has 0 spiro atoms. The molecule has 3 heteroatoms. The molecule has 0 fully saturated rings. The molecule has 3 nitrogen and oxygen atoms in total. The Morgan fingerprint density at radius 3 is 2.87 bits per heavy atom. The van der Waals surface area contributed by atoms with Gasteiger partial charge in [0.2, 0.25) is 0 Å². The molecule has 0 saturated carbocycles. The van der Waals surface area contributed by atoms with Crippen LogP contribution in [0.2, 0.25) is 0 Å². The molecule has 1 aliphatic rings. The summed E-state index contributed by atoms with van der Waals surface area (Å²) in [7, 11) is 1.46. The van der Waals surface area contributed by atoms with Gasteiger partial charge in [0, 0.05) is 7.11 Å². The molecule has 0 amide bonds. The Hall–Kier alpha value is -1.35. The van der Waals surface area contributed by atoms with Crippen LogP contribution in [-0.2, 0) is 21.6 Å². The fraction of sp³-hybridized carbons (Fsp3) is 0.417. The molecule has 1 unspecified atom stereocenters. The number of rotatable bonds is 2. The quantitative estimate of drug-likeness (QED) is 0.803. The summed E-state index contributed by atoms with van der Waals surface area (Å²) in [6.07, 6.45) is 1.31. The summed E-state index contributed by atoms with van der Waals surface area (Å²) >= 11 is 0. The van der Waals surface area contributed by atoms with Gasteiger partial charge < -0.3 is 9.84 Å². The predicted octanol–water partition coefficient (Wildman–Crippen LogP) is 1.87. The topological polar surface area (TPSA) is 46.5 Å². The normalized spacial score (nSPS) is 23.9. The molecule has 0 aromatic heterocycles. The van der Waals surface area contributed by atoms with Crippen LogP contribution in [0.25, 0.3) is 0 Å². The van der Waals surface area contributed by atoms with Crippen LogP contribution in [0.15, 0.2) is 18.2 Å². The fourth-order valence-corrected chi connectivity index (χ4v) is 2.37. The van der Waals surface area contributed by atoms with Crippen LogP contribution in [0.3, 0.4) is 0 Å². The Morgan fingerprint density at radius 1 is 1.53 bits per heavy atom. The Kier molecular flexibility index (Phi) is 2.27. The summed E-state index contributed by atoms with van der Waals surface area (Å²) in [6.45, 7) is 2.01. The lowest BCUT2D eigenvalue weighted by atomic mass is 9.94. The summed E-state index contributed by atoms with van der Waals surface area (Å²) in [5, 5.41) is 9.28. The van der Waals surface area contributed by atoms with Crippen molar-refractivity contribution in [2.45, 2.75) is 25.4 Å². The smallest absolute Gasteiger partial charge is 0.340 e. The number of ether oxygens (including phenoxy) is 1. The number of aliphatic carboxylic acids is 1. The Morgan fingerprint density at radius 2 is 2.27 bits per heavy atom. The van der Waals surface area contributed by atoms with E-state index in [4.69, 9.17) is 4.74 Å². The highest BCUT2D eigenvalue weighted by Crippen LogP contribution is 2.40. The van der Waals surface area contributed by atoms with E-state index in [9.17, 15) is 9.90 Å². The molecule has 15 heavy (non-hydrogen) atoms. The third-order valence-corrected chi connectivity index (χ3v) is 3.27. The Labute approximate surface area is 88.7 Å². The second-order valence-electron chi connectivity index (χ2n) is 3.94. The number of fused-ring (bicyclic) bond motifs is 1. The second-order valence-corrected chi connectivity index (χ2v) is 3.94. The summed E-state index contributed by atoms with van der Waals surface area (Å²) in [4.78, 5) is 11.3. The van der Waals surface area contributed by atoms with E-state index in [1.165, 1.54) is 7.11 Å². The van der Waals surface area contributed by atoms with E-state index in [0.29, 0.717) is 6.42 Å². The van der Waals surface area contributed by atoms with E-state index < -0.39 is 11.6 Å². The van der Waals surface area contributed by atoms with Crippen molar-refractivity contribution in [1.29, 1.82) is 0 Å². The van der Waals surface area contributed by atoms with Crippen molar-refractivity contribution >= 4 is 5.97 Å². The number of aryl methyl sites for hydroxylation is 1. The maximum Gasteiger partial charge on any atom is 0.340 e. The summed E-state index contributed by atoms with van der Waals surface area (Å²) < 4.78 is 5.24. The highest BCUT2D eigenvalue weighted by molar-refractivity contribution is 5.81. The SMILES string of the molecule is COC1(C(=O)O)CCc2c(C)cccc21. The molecule has 1 aromatic carbocycles.